The molecule has 0 aliphatic heterocycles. The molecule has 1 rings (SSSR count). The summed E-state index contributed by atoms with van der Waals surface area (Å²) in [4.78, 5) is 23.9. The number of primary amides is 1. The first-order chi connectivity index (χ1) is 8.32. The van der Waals surface area contributed by atoms with E-state index in [2.05, 4.69) is 0 Å². The van der Waals surface area contributed by atoms with Crippen LogP contribution in [0.2, 0.25) is 0 Å². The molecule has 0 saturated heterocycles. The number of carbonyl (C=O) groups is 2. The Morgan fingerprint density at radius 3 is 2.44 bits per heavy atom. The van der Waals surface area contributed by atoms with Crippen molar-refractivity contribution in [2.24, 2.45) is 5.73 Å². The molecule has 0 heterocycles. The van der Waals surface area contributed by atoms with Crippen molar-refractivity contribution in [3.8, 4) is 0 Å². The zero-order valence-corrected chi connectivity index (χ0v) is 10.4. The zero-order chi connectivity index (χ0) is 13.9. The van der Waals surface area contributed by atoms with E-state index in [1.54, 1.807) is 17.0 Å². The normalized spacial score (nSPS) is 10.4. The predicted molar refractivity (Wildman–Crippen MR) is 69.5 cm³/mol. The lowest BCUT2D eigenvalue weighted by Crippen LogP contribution is -2.39. The van der Waals surface area contributed by atoms with E-state index in [0.717, 1.165) is 0 Å². The summed E-state index contributed by atoms with van der Waals surface area (Å²) in [5.41, 5.74) is 11.6. The summed E-state index contributed by atoms with van der Waals surface area (Å²) in [5, 5.41) is 9.16. The highest BCUT2D eigenvalue weighted by molar-refractivity contribution is 5.96. The summed E-state index contributed by atoms with van der Waals surface area (Å²) in [5.74, 6) is -1.61. The highest BCUT2D eigenvalue weighted by Crippen LogP contribution is 2.24. The third-order valence-electron chi connectivity index (χ3n) is 2.51. The van der Waals surface area contributed by atoms with Gasteiger partial charge in [-0.2, -0.15) is 0 Å². The van der Waals surface area contributed by atoms with Crippen LogP contribution < -0.4 is 16.4 Å². The van der Waals surface area contributed by atoms with Crippen LogP contribution in [0.15, 0.2) is 18.2 Å². The van der Waals surface area contributed by atoms with Crippen molar-refractivity contribution < 1.29 is 14.7 Å². The molecular formula is C12H17N3O3. The van der Waals surface area contributed by atoms with Crippen LogP contribution in [0.4, 0.5) is 11.4 Å². The number of rotatable bonds is 5. The molecule has 6 heteroatoms. The van der Waals surface area contributed by atoms with Gasteiger partial charge in [0.15, 0.2) is 0 Å². The molecule has 18 heavy (non-hydrogen) atoms. The lowest BCUT2D eigenvalue weighted by atomic mass is 10.1. The summed E-state index contributed by atoms with van der Waals surface area (Å²) in [6.45, 7) is 3.66. The fraction of sp³-hybridized carbons (Fsp3) is 0.333. The van der Waals surface area contributed by atoms with Crippen LogP contribution in [0, 0.1) is 0 Å². The Balaban J connectivity index is 3.27. The SMILES string of the molecule is CC(C)N(CC(N)=O)c1ccc(N)cc1C(=O)O. The number of carboxylic acid groups (broad SMARTS) is 1. The van der Waals surface area contributed by atoms with Crippen LogP contribution in [0.5, 0.6) is 0 Å². The summed E-state index contributed by atoms with van der Waals surface area (Å²) >= 11 is 0. The number of nitrogens with zero attached hydrogens (tertiary/aromatic N) is 1. The number of aromatic carboxylic acids is 1. The van der Waals surface area contributed by atoms with E-state index in [-0.39, 0.29) is 18.2 Å². The average Bonchev–Trinajstić information content (AvgIpc) is 2.25. The van der Waals surface area contributed by atoms with Gasteiger partial charge in [0, 0.05) is 11.7 Å². The Labute approximate surface area is 105 Å². The number of hydrogen-bond donors (Lipinski definition) is 3. The van der Waals surface area contributed by atoms with E-state index in [4.69, 9.17) is 16.6 Å². The zero-order valence-electron chi connectivity index (χ0n) is 10.4. The average molecular weight is 251 g/mol. The van der Waals surface area contributed by atoms with Gasteiger partial charge in [0.1, 0.15) is 0 Å². The van der Waals surface area contributed by atoms with Crippen LogP contribution >= 0.6 is 0 Å². The fourth-order valence-electron chi connectivity index (χ4n) is 1.69. The first-order valence-electron chi connectivity index (χ1n) is 5.50. The van der Waals surface area contributed by atoms with Crippen LogP contribution in [0.25, 0.3) is 0 Å². The number of amides is 1. The van der Waals surface area contributed by atoms with Crippen molar-refractivity contribution in [3.63, 3.8) is 0 Å². The highest BCUT2D eigenvalue weighted by atomic mass is 16.4. The molecule has 0 fully saturated rings. The lowest BCUT2D eigenvalue weighted by molar-refractivity contribution is -0.116. The molecule has 0 saturated carbocycles. The molecule has 0 atom stereocenters. The topological polar surface area (TPSA) is 110 Å². The van der Waals surface area contributed by atoms with Gasteiger partial charge in [-0.1, -0.05) is 0 Å². The quantitative estimate of drug-likeness (QED) is 0.666. The number of benzene rings is 1. The van der Waals surface area contributed by atoms with Crippen LogP contribution in [0.3, 0.4) is 0 Å². The third kappa shape index (κ3) is 3.13. The van der Waals surface area contributed by atoms with Gasteiger partial charge in [0.25, 0.3) is 0 Å². The molecule has 0 spiro atoms. The number of anilines is 2. The summed E-state index contributed by atoms with van der Waals surface area (Å²) in [6.07, 6.45) is 0. The molecule has 1 aromatic rings. The van der Waals surface area contributed by atoms with E-state index in [0.29, 0.717) is 11.4 Å². The number of hydrogen-bond acceptors (Lipinski definition) is 4. The molecule has 6 nitrogen and oxygen atoms in total. The van der Waals surface area contributed by atoms with Crippen molar-refractivity contribution in [2.75, 3.05) is 17.2 Å². The van der Waals surface area contributed by atoms with Crippen molar-refractivity contribution in [1.82, 2.24) is 0 Å². The molecule has 1 aromatic carbocycles. The second-order valence-electron chi connectivity index (χ2n) is 4.27. The van der Waals surface area contributed by atoms with Gasteiger partial charge in [-0.05, 0) is 32.0 Å². The first-order valence-corrected chi connectivity index (χ1v) is 5.50. The van der Waals surface area contributed by atoms with Crippen molar-refractivity contribution in [3.05, 3.63) is 23.8 Å². The Bertz CT molecular complexity index is 472. The maximum absolute atomic E-state index is 11.2. The minimum absolute atomic E-state index is 0.0398. The minimum atomic E-state index is -1.09. The van der Waals surface area contributed by atoms with Crippen molar-refractivity contribution in [1.29, 1.82) is 0 Å². The van der Waals surface area contributed by atoms with Gasteiger partial charge >= 0.3 is 5.97 Å². The van der Waals surface area contributed by atoms with Crippen LogP contribution in [-0.4, -0.2) is 29.6 Å². The predicted octanol–water partition coefficient (Wildman–Crippen LogP) is 0.667. The maximum atomic E-state index is 11.2. The van der Waals surface area contributed by atoms with E-state index in [1.165, 1.54) is 6.07 Å². The minimum Gasteiger partial charge on any atom is -0.478 e. The smallest absolute Gasteiger partial charge is 0.337 e. The van der Waals surface area contributed by atoms with E-state index < -0.39 is 11.9 Å². The summed E-state index contributed by atoms with van der Waals surface area (Å²) in [6, 6.07) is 4.49. The number of nitrogen functional groups attached to an aromatic ring is 1. The second kappa shape index (κ2) is 5.39. The van der Waals surface area contributed by atoms with Gasteiger partial charge in [-0.15, -0.1) is 0 Å². The lowest BCUT2D eigenvalue weighted by Gasteiger charge is -2.29. The Morgan fingerprint density at radius 1 is 1.39 bits per heavy atom. The molecule has 98 valence electrons. The number of nitrogens with two attached hydrogens (primary N) is 2. The Morgan fingerprint density at radius 2 is 2.00 bits per heavy atom. The van der Waals surface area contributed by atoms with Gasteiger partial charge < -0.3 is 21.5 Å². The van der Waals surface area contributed by atoms with Crippen LogP contribution in [0.1, 0.15) is 24.2 Å². The summed E-state index contributed by atoms with van der Waals surface area (Å²) < 4.78 is 0. The van der Waals surface area contributed by atoms with Gasteiger partial charge in [0.2, 0.25) is 5.91 Å². The van der Waals surface area contributed by atoms with Crippen molar-refractivity contribution >= 4 is 23.3 Å². The summed E-state index contributed by atoms with van der Waals surface area (Å²) in [7, 11) is 0. The Hall–Kier alpha value is -2.24. The monoisotopic (exact) mass is 251 g/mol. The van der Waals surface area contributed by atoms with Gasteiger partial charge in [0.05, 0.1) is 17.8 Å². The van der Waals surface area contributed by atoms with Crippen LogP contribution in [-0.2, 0) is 4.79 Å². The maximum Gasteiger partial charge on any atom is 0.337 e. The molecule has 0 radical (unpaired) electrons. The molecule has 0 aromatic heterocycles. The molecule has 0 aliphatic rings. The van der Waals surface area contributed by atoms with Crippen molar-refractivity contribution in [2.45, 2.75) is 19.9 Å². The van der Waals surface area contributed by atoms with E-state index in [1.807, 2.05) is 13.8 Å². The Kier molecular flexibility index (Phi) is 4.14. The van der Waals surface area contributed by atoms with E-state index in [9.17, 15) is 9.59 Å². The molecule has 0 bridgehead atoms. The van der Waals surface area contributed by atoms with Gasteiger partial charge in [-0.25, -0.2) is 4.79 Å². The van der Waals surface area contributed by atoms with E-state index >= 15 is 0 Å². The van der Waals surface area contributed by atoms with Gasteiger partial charge in [-0.3, -0.25) is 4.79 Å². The number of carbonyl (C=O) groups excluding carboxylic acids is 1. The molecular weight excluding hydrogens is 234 g/mol. The molecule has 5 N–H and O–H groups in total. The standard InChI is InChI=1S/C12H17N3O3/c1-7(2)15(6-11(14)16)10-4-3-8(13)5-9(10)12(17)18/h3-5,7H,6,13H2,1-2H3,(H2,14,16)(H,17,18). The fourth-order valence-corrected chi connectivity index (χ4v) is 1.69. The second-order valence-corrected chi connectivity index (χ2v) is 4.27. The third-order valence-corrected chi connectivity index (χ3v) is 2.51. The largest absolute Gasteiger partial charge is 0.478 e. The molecule has 1 amide bonds. The molecule has 0 aliphatic carbocycles. The number of carboxylic acids is 1. The highest BCUT2D eigenvalue weighted by Gasteiger charge is 2.20. The molecule has 0 unspecified atom stereocenters. The first kappa shape index (κ1) is 13.8.